The summed E-state index contributed by atoms with van der Waals surface area (Å²) >= 11 is 0. The van der Waals surface area contributed by atoms with Crippen molar-refractivity contribution < 1.29 is 36.7 Å². The number of anilines is 1. The summed E-state index contributed by atoms with van der Waals surface area (Å²) < 4.78 is 47.4. The standard InChI is InChI=1S/C20H20F3N3O5/c21-20(22,23)12-24-18(28)15-6-2-8-26(15)17(27)11-31-14-5-1-4-13(10-14)25-19(29)16-7-3-9-30-16/h1,3-5,7,9-10,15H,2,6,8,11-12H2,(H,24,28)(H,25,29). The molecule has 0 bridgehead atoms. The van der Waals surface area contributed by atoms with Gasteiger partial charge in [0.1, 0.15) is 18.3 Å². The molecule has 0 radical (unpaired) electrons. The van der Waals surface area contributed by atoms with Gasteiger partial charge >= 0.3 is 6.18 Å². The number of carbonyl (C=O) groups excluding carboxylic acids is 3. The lowest BCUT2D eigenvalue weighted by atomic mass is 10.2. The SMILES string of the molecule is O=C(Nc1cccc(OCC(=O)N2CCCC2C(=O)NCC(F)(F)F)c1)c1ccco1. The smallest absolute Gasteiger partial charge is 0.405 e. The van der Waals surface area contributed by atoms with Crippen LogP contribution in [-0.4, -0.2) is 54.5 Å². The monoisotopic (exact) mass is 439 g/mol. The van der Waals surface area contributed by atoms with E-state index >= 15 is 0 Å². The lowest BCUT2D eigenvalue weighted by Crippen LogP contribution is -2.49. The van der Waals surface area contributed by atoms with E-state index in [1.54, 1.807) is 24.3 Å². The van der Waals surface area contributed by atoms with Crippen LogP contribution in [0.15, 0.2) is 47.1 Å². The number of hydrogen-bond acceptors (Lipinski definition) is 5. The molecule has 1 unspecified atom stereocenters. The predicted octanol–water partition coefficient (Wildman–Crippen LogP) is 2.58. The van der Waals surface area contributed by atoms with E-state index in [1.165, 1.54) is 23.3 Å². The van der Waals surface area contributed by atoms with E-state index in [-0.39, 0.29) is 18.7 Å². The number of carbonyl (C=O) groups is 3. The molecule has 3 amide bonds. The molecular weight excluding hydrogens is 419 g/mol. The maximum atomic E-state index is 12.5. The van der Waals surface area contributed by atoms with Gasteiger partial charge in [-0.05, 0) is 37.1 Å². The molecule has 0 aliphatic carbocycles. The number of halogens is 3. The molecule has 1 aliphatic rings. The number of nitrogens with zero attached hydrogens (tertiary/aromatic N) is 1. The fourth-order valence-corrected chi connectivity index (χ4v) is 3.14. The summed E-state index contributed by atoms with van der Waals surface area (Å²) in [6.07, 6.45) is -2.37. The van der Waals surface area contributed by atoms with E-state index in [0.717, 1.165) is 0 Å². The molecule has 1 saturated heterocycles. The molecular formula is C20H20F3N3O5. The highest BCUT2D eigenvalue weighted by molar-refractivity contribution is 6.02. The first kappa shape index (κ1) is 22.2. The van der Waals surface area contributed by atoms with Crippen molar-refractivity contribution in [2.75, 3.05) is 25.0 Å². The zero-order valence-corrected chi connectivity index (χ0v) is 16.3. The fourth-order valence-electron chi connectivity index (χ4n) is 3.14. The van der Waals surface area contributed by atoms with Crippen LogP contribution in [0.3, 0.4) is 0 Å². The van der Waals surface area contributed by atoms with Crippen LogP contribution in [0.25, 0.3) is 0 Å². The third kappa shape index (κ3) is 6.24. The van der Waals surface area contributed by atoms with Gasteiger partial charge in [0, 0.05) is 18.3 Å². The second kappa shape index (κ2) is 9.54. The van der Waals surface area contributed by atoms with Crippen molar-refractivity contribution in [2.45, 2.75) is 25.1 Å². The molecule has 166 valence electrons. The van der Waals surface area contributed by atoms with Crippen molar-refractivity contribution in [3.05, 3.63) is 48.4 Å². The number of ether oxygens (including phenoxy) is 1. The van der Waals surface area contributed by atoms with Crippen LogP contribution < -0.4 is 15.4 Å². The zero-order chi connectivity index (χ0) is 22.4. The van der Waals surface area contributed by atoms with Crippen molar-refractivity contribution in [1.82, 2.24) is 10.2 Å². The van der Waals surface area contributed by atoms with E-state index < -0.39 is 43.1 Å². The maximum absolute atomic E-state index is 12.5. The van der Waals surface area contributed by atoms with E-state index in [4.69, 9.17) is 9.15 Å². The van der Waals surface area contributed by atoms with Crippen LogP contribution in [0.4, 0.5) is 18.9 Å². The van der Waals surface area contributed by atoms with Gasteiger partial charge in [-0.25, -0.2) is 0 Å². The normalized spacial score (nSPS) is 16.1. The van der Waals surface area contributed by atoms with Crippen molar-refractivity contribution in [3.63, 3.8) is 0 Å². The number of amides is 3. The minimum Gasteiger partial charge on any atom is -0.484 e. The number of furan rings is 1. The molecule has 11 heteroatoms. The van der Waals surface area contributed by atoms with Crippen molar-refractivity contribution in [3.8, 4) is 5.75 Å². The van der Waals surface area contributed by atoms with Gasteiger partial charge in [-0.2, -0.15) is 13.2 Å². The van der Waals surface area contributed by atoms with Crippen molar-refractivity contribution >= 4 is 23.4 Å². The second-order valence-corrected chi connectivity index (χ2v) is 6.83. The Kier molecular flexibility index (Phi) is 6.83. The Morgan fingerprint density at radius 1 is 1.19 bits per heavy atom. The summed E-state index contributed by atoms with van der Waals surface area (Å²) in [6, 6.07) is 8.44. The highest BCUT2D eigenvalue weighted by atomic mass is 19.4. The lowest BCUT2D eigenvalue weighted by molar-refractivity contribution is -0.145. The molecule has 2 heterocycles. The van der Waals surface area contributed by atoms with Gasteiger partial charge in [-0.3, -0.25) is 14.4 Å². The highest BCUT2D eigenvalue weighted by Crippen LogP contribution is 2.21. The van der Waals surface area contributed by atoms with Gasteiger partial charge < -0.3 is 24.7 Å². The third-order valence-electron chi connectivity index (χ3n) is 4.54. The summed E-state index contributed by atoms with van der Waals surface area (Å²) in [4.78, 5) is 37.7. The van der Waals surface area contributed by atoms with Gasteiger partial charge in [-0.1, -0.05) is 6.07 Å². The average molecular weight is 439 g/mol. The predicted molar refractivity (Wildman–Crippen MR) is 102 cm³/mol. The first-order valence-corrected chi connectivity index (χ1v) is 9.44. The second-order valence-electron chi connectivity index (χ2n) is 6.83. The summed E-state index contributed by atoms with van der Waals surface area (Å²) in [6.45, 7) is -1.60. The molecule has 1 aliphatic heterocycles. The quantitative estimate of drug-likeness (QED) is 0.691. The number of rotatable bonds is 7. The number of alkyl halides is 3. The van der Waals surface area contributed by atoms with Crippen LogP contribution in [-0.2, 0) is 9.59 Å². The molecule has 0 saturated carbocycles. The molecule has 2 N–H and O–H groups in total. The third-order valence-corrected chi connectivity index (χ3v) is 4.54. The number of likely N-dealkylation sites (tertiary alicyclic amines) is 1. The molecule has 1 fully saturated rings. The van der Waals surface area contributed by atoms with E-state index in [9.17, 15) is 27.6 Å². The molecule has 1 aromatic carbocycles. The highest BCUT2D eigenvalue weighted by Gasteiger charge is 2.36. The molecule has 1 aromatic heterocycles. The summed E-state index contributed by atoms with van der Waals surface area (Å²) in [5.74, 6) is -1.39. The number of nitrogens with one attached hydrogen (secondary N) is 2. The first-order valence-electron chi connectivity index (χ1n) is 9.44. The van der Waals surface area contributed by atoms with Crippen LogP contribution in [0.1, 0.15) is 23.4 Å². The summed E-state index contributed by atoms with van der Waals surface area (Å²) in [5, 5.41) is 4.44. The van der Waals surface area contributed by atoms with Crippen LogP contribution in [0, 0.1) is 0 Å². The van der Waals surface area contributed by atoms with E-state index in [2.05, 4.69) is 5.32 Å². The lowest BCUT2D eigenvalue weighted by Gasteiger charge is -2.24. The Hall–Kier alpha value is -3.50. The summed E-state index contributed by atoms with van der Waals surface area (Å²) in [5.41, 5.74) is 0.414. The van der Waals surface area contributed by atoms with Crippen LogP contribution >= 0.6 is 0 Å². The molecule has 2 aromatic rings. The van der Waals surface area contributed by atoms with Gasteiger partial charge in [0.25, 0.3) is 11.8 Å². The molecule has 3 rings (SSSR count). The average Bonchev–Trinajstić information content (AvgIpc) is 3.42. The number of hydrogen-bond donors (Lipinski definition) is 2. The Labute approximate surface area is 175 Å². The molecule has 8 nitrogen and oxygen atoms in total. The fraction of sp³-hybridized carbons (Fsp3) is 0.350. The minimum absolute atomic E-state index is 0.130. The Balaban J connectivity index is 1.54. The molecule has 0 spiro atoms. The number of benzene rings is 1. The van der Waals surface area contributed by atoms with Crippen LogP contribution in [0.2, 0.25) is 0 Å². The van der Waals surface area contributed by atoms with Gasteiger partial charge in [-0.15, -0.1) is 0 Å². The van der Waals surface area contributed by atoms with Gasteiger partial charge in [0.05, 0.1) is 6.26 Å². The van der Waals surface area contributed by atoms with Gasteiger partial charge in [0.2, 0.25) is 5.91 Å². The van der Waals surface area contributed by atoms with Crippen molar-refractivity contribution in [1.29, 1.82) is 0 Å². The zero-order valence-electron chi connectivity index (χ0n) is 16.3. The first-order chi connectivity index (χ1) is 14.7. The maximum Gasteiger partial charge on any atom is 0.405 e. The Bertz CT molecular complexity index is 930. The van der Waals surface area contributed by atoms with Gasteiger partial charge in [0.15, 0.2) is 12.4 Å². The summed E-state index contributed by atoms with van der Waals surface area (Å²) in [7, 11) is 0. The van der Waals surface area contributed by atoms with E-state index in [0.29, 0.717) is 17.9 Å². The van der Waals surface area contributed by atoms with E-state index in [1.807, 2.05) is 5.32 Å². The van der Waals surface area contributed by atoms with Crippen LogP contribution in [0.5, 0.6) is 5.75 Å². The molecule has 1 atom stereocenters. The Morgan fingerprint density at radius 3 is 2.71 bits per heavy atom. The topological polar surface area (TPSA) is 101 Å². The molecule has 31 heavy (non-hydrogen) atoms. The largest absolute Gasteiger partial charge is 0.484 e. The Morgan fingerprint density at radius 2 is 2.00 bits per heavy atom. The van der Waals surface area contributed by atoms with Crippen molar-refractivity contribution in [2.24, 2.45) is 0 Å². The minimum atomic E-state index is -4.52.